The van der Waals surface area contributed by atoms with Gasteiger partial charge in [-0.05, 0) is 97.9 Å². The van der Waals surface area contributed by atoms with Crippen LogP contribution in [-0.2, 0) is 14.2 Å². The summed E-state index contributed by atoms with van der Waals surface area (Å²) in [6.07, 6.45) is 3.16. The summed E-state index contributed by atoms with van der Waals surface area (Å²) in [5.41, 5.74) is -0.586. The molecule has 2 atom stereocenters. The van der Waals surface area contributed by atoms with E-state index in [0.717, 1.165) is 32.5 Å². The molecule has 4 nitrogen and oxygen atoms in total. The van der Waals surface area contributed by atoms with E-state index in [1.54, 1.807) is 0 Å². The van der Waals surface area contributed by atoms with Crippen LogP contribution in [0.2, 0.25) is 0 Å². The first-order valence-corrected chi connectivity index (χ1v) is 13.7. The first-order chi connectivity index (χ1) is 15.1. The van der Waals surface area contributed by atoms with E-state index in [1.807, 2.05) is 7.05 Å². The van der Waals surface area contributed by atoms with Crippen LogP contribution in [0.1, 0.15) is 123 Å². The summed E-state index contributed by atoms with van der Waals surface area (Å²) in [5.74, 6) is 0.790. The summed E-state index contributed by atoms with van der Waals surface area (Å²) < 4.78 is 19.4. The zero-order valence-electron chi connectivity index (χ0n) is 26.1. The van der Waals surface area contributed by atoms with Gasteiger partial charge in [-0.3, -0.25) is 0 Å². The number of ether oxygens (including phenoxy) is 3. The van der Waals surface area contributed by atoms with E-state index >= 15 is 0 Å². The van der Waals surface area contributed by atoms with Crippen molar-refractivity contribution in [1.29, 1.82) is 0 Å². The molecule has 0 saturated heterocycles. The van der Waals surface area contributed by atoms with Crippen molar-refractivity contribution in [3.63, 3.8) is 0 Å². The van der Waals surface area contributed by atoms with E-state index in [9.17, 15) is 0 Å². The van der Waals surface area contributed by atoms with Crippen molar-refractivity contribution in [2.75, 3.05) is 26.9 Å². The average Bonchev–Trinajstić information content (AvgIpc) is 2.69. The Balaban J connectivity index is 5.01. The molecule has 1 N–H and O–H groups in total. The molecule has 0 radical (unpaired) electrons. The number of nitrogens with one attached hydrogen (secondary N) is 1. The van der Waals surface area contributed by atoms with E-state index in [2.05, 4.69) is 109 Å². The van der Waals surface area contributed by atoms with Crippen molar-refractivity contribution in [2.24, 2.45) is 22.7 Å². The van der Waals surface area contributed by atoms with Crippen molar-refractivity contribution in [3.8, 4) is 0 Å². The van der Waals surface area contributed by atoms with Crippen LogP contribution in [0.25, 0.3) is 0 Å². The molecule has 0 aromatic heterocycles. The Hall–Kier alpha value is -0.160. The minimum absolute atomic E-state index is 0.0182. The predicted molar refractivity (Wildman–Crippen MR) is 149 cm³/mol. The summed E-state index contributed by atoms with van der Waals surface area (Å²) in [5, 5.41) is 3.40. The second kappa shape index (κ2) is 12.4. The molecule has 0 amide bonds. The summed E-state index contributed by atoms with van der Waals surface area (Å²) in [6, 6.07) is 0. The smallest absolute Gasteiger partial charge is 0.0680 e. The first-order valence-electron chi connectivity index (χ1n) is 13.7. The summed E-state index contributed by atoms with van der Waals surface area (Å²) >= 11 is 0. The Morgan fingerprint density at radius 2 is 1.15 bits per heavy atom. The fourth-order valence-corrected chi connectivity index (χ4v) is 3.86. The highest BCUT2D eigenvalue weighted by molar-refractivity contribution is 4.93. The van der Waals surface area contributed by atoms with Gasteiger partial charge in [0.2, 0.25) is 0 Å². The number of rotatable bonds is 17. The molecular weight excluding hydrogens is 422 g/mol. The third-order valence-corrected chi connectivity index (χ3v) is 9.75. The zero-order chi connectivity index (χ0) is 27.2. The molecule has 0 heterocycles. The minimum Gasteiger partial charge on any atom is -0.375 e. The van der Waals surface area contributed by atoms with E-state index in [-0.39, 0.29) is 33.2 Å². The van der Waals surface area contributed by atoms with Crippen LogP contribution < -0.4 is 5.32 Å². The highest BCUT2D eigenvalue weighted by Crippen LogP contribution is 2.43. The van der Waals surface area contributed by atoms with E-state index in [0.29, 0.717) is 18.4 Å². The highest BCUT2D eigenvalue weighted by Gasteiger charge is 2.44. The van der Waals surface area contributed by atoms with Crippen LogP contribution in [0.15, 0.2) is 0 Å². The predicted octanol–water partition coefficient (Wildman–Crippen LogP) is 7.88. The zero-order valence-corrected chi connectivity index (χ0v) is 26.1. The van der Waals surface area contributed by atoms with Crippen LogP contribution in [-0.4, -0.2) is 49.2 Å². The molecule has 0 aliphatic rings. The lowest BCUT2D eigenvalue weighted by molar-refractivity contribution is -0.158. The number of hydrogen-bond acceptors (Lipinski definition) is 4. The fourth-order valence-electron chi connectivity index (χ4n) is 3.86. The lowest BCUT2D eigenvalue weighted by atomic mass is 9.68. The quantitative estimate of drug-likeness (QED) is 0.227. The minimum atomic E-state index is -0.267. The second-order valence-electron chi connectivity index (χ2n) is 14.1. The standard InChI is InChI=1S/C30H63NO3/c1-17-18-26(6,7)33-21-23(2)27(8,9)30(14,15)32-20-19-25(4,5)29(12,13)34-22-24(3)28(10,11)31-16/h23-24,31H,17-22H2,1-16H3. The SMILES string of the molecule is CCCC(C)(C)OCC(C)C(C)(C)C(C)(C)OCCC(C)(C)C(C)(C)OCC(C)C(C)(C)NC. The normalized spacial score (nSPS) is 16.6. The first kappa shape index (κ1) is 33.8. The van der Waals surface area contributed by atoms with Crippen LogP contribution in [0.4, 0.5) is 0 Å². The van der Waals surface area contributed by atoms with Crippen LogP contribution >= 0.6 is 0 Å². The van der Waals surface area contributed by atoms with Gasteiger partial charge in [0.25, 0.3) is 0 Å². The Kier molecular flexibility index (Phi) is 12.3. The lowest BCUT2D eigenvalue weighted by Crippen LogP contribution is -2.50. The molecule has 2 unspecified atom stereocenters. The maximum atomic E-state index is 6.60. The molecule has 0 bridgehead atoms. The van der Waals surface area contributed by atoms with E-state index in [1.165, 1.54) is 0 Å². The Morgan fingerprint density at radius 3 is 1.62 bits per heavy atom. The molecule has 0 aliphatic carbocycles. The maximum Gasteiger partial charge on any atom is 0.0680 e. The molecule has 0 aliphatic heterocycles. The van der Waals surface area contributed by atoms with Gasteiger partial charge in [-0.2, -0.15) is 0 Å². The molecule has 34 heavy (non-hydrogen) atoms. The Bertz CT molecular complexity index is 590. The van der Waals surface area contributed by atoms with Crippen molar-refractivity contribution in [2.45, 2.75) is 145 Å². The molecule has 206 valence electrons. The van der Waals surface area contributed by atoms with Gasteiger partial charge in [-0.1, -0.05) is 54.9 Å². The Morgan fingerprint density at radius 1 is 0.647 bits per heavy atom. The van der Waals surface area contributed by atoms with Gasteiger partial charge in [0.05, 0.1) is 30.0 Å². The molecule has 0 aromatic carbocycles. The third kappa shape index (κ3) is 9.37. The molecular formula is C30H63NO3. The molecule has 4 heteroatoms. The van der Waals surface area contributed by atoms with E-state index in [4.69, 9.17) is 14.2 Å². The Labute approximate surface area is 214 Å². The van der Waals surface area contributed by atoms with Crippen molar-refractivity contribution >= 4 is 0 Å². The van der Waals surface area contributed by atoms with Gasteiger partial charge in [-0.15, -0.1) is 0 Å². The lowest BCUT2D eigenvalue weighted by Gasteiger charge is -2.47. The van der Waals surface area contributed by atoms with Gasteiger partial charge in [0.1, 0.15) is 0 Å². The molecule has 0 spiro atoms. The molecule has 0 fully saturated rings. The summed E-state index contributed by atoms with van der Waals surface area (Å²) in [7, 11) is 2.02. The molecule has 0 rings (SSSR count). The topological polar surface area (TPSA) is 39.7 Å². The van der Waals surface area contributed by atoms with Gasteiger partial charge >= 0.3 is 0 Å². The third-order valence-electron chi connectivity index (χ3n) is 9.75. The second-order valence-corrected chi connectivity index (χ2v) is 14.1. The maximum absolute atomic E-state index is 6.60. The van der Waals surface area contributed by atoms with Crippen LogP contribution in [0, 0.1) is 22.7 Å². The van der Waals surface area contributed by atoms with Crippen molar-refractivity contribution < 1.29 is 14.2 Å². The molecule has 0 aromatic rings. The summed E-state index contributed by atoms with van der Waals surface area (Å²) in [6.45, 7) is 36.0. The average molecular weight is 486 g/mol. The van der Waals surface area contributed by atoms with Crippen LogP contribution in [0.3, 0.4) is 0 Å². The fraction of sp³-hybridized carbons (Fsp3) is 1.00. The number of hydrogen-bond donors (Lipinski definition) is 1. The largest absolute Gasteiger partial charge is 0.375 e. The van der Waals surface area contributed by atoms with Crippen molar-refractivity contribution in [1.82, 2.24) is 5.32 Å². The van der Waals surface area contributed by atoms with Gasteiger partial charge in [-0.25, -0.2) is 0 Å². The highest BCUT2D eigenvalue weighted by atomic mass is 16.5. The molecule has 0 saturated carbocycles. The van der Waals surface area contributed by atoms with Crippen molar-refractivity contribution in [3.05, 3.63) is 0 Å². The van der Waals surface area contributed by atoms with Crippen LogP contribution in [0.5, 0.6) is 0 Å². The van der Waals surface area contributed by atoms with Gasteiger partial charge in [0, 0.05) is 12.1 Å². The van der Waals surface area contributed by atoms with Gasteiger partial charge < -0.3 is 19.5 Å². The van der Waals surface area contributed by atoms with Gasteiger partial charge in [0.15, 0.2) is 0 Å². The van der Waals surface area contributed by atoms with E-state index < -0.39 is 0 Å². The monoisotopic (exact) mass is 485 g/mol. The summed E-state index contributed by atoms with van der Waals surface area (Å²) in [4.78, 5) is 0.